The Hall–Kier alpha value is -0.860. The molecule has 1 heterocycles. The van der Waals surface area contributed by atoms with Crippen molar-refractivity contribution >= 4 is 0 Å². The summed E-state index contributed by atoms with van der Waals surface area (Å²) in [6.45, 7) is 7.19. The molecule has 2 atom stereocenters. The lowest BCUT2D eigenvalue weighted by atomic mass is 9.83. The number of aryl methyl sites for hydroxylation is 2. The molecule has 1 aromatic carbocycles. The Balaban J connectivity index is 2.34. The average molecular weight is 219 g/mol. The third-order valence-corrected chi connectivity index (χ3v) is 3.51. The number of hydrogen-bond donors (Lipinski definition) is 1. The van der Waals surface area contributed by atoms with Gasteiger partial charge in [-0.15, -0.1) is 0 Å². The van der Waals surface area contributed by atoms with E-state index in [0.717, 1.165) is 19.4 Å². The van der Waals surface area contributed by atoms with Crippen LogP contribution in [-0.4, -0.2) is 12.6 Å². The molecule has 1 fully saturated rings. The van der Waals surface area contributed by atoms with E-state index in [9.17, 15) is 0 Å². The molecule has 88 valence electrons. The molecule has 1 saturated heterocycles. The van der Waals surface area contributed by atoms with Crippen molar-refractivity contribution in [3.05, 3.63) is 34.9 Å². The Kier molecular flexibility index (Phi) is 3.04. The largest absolute Gasteiger partial charge is 0.370 e. The summed E-state index contributed by atoms with van der Waals surface area (Å²) < 4.78 is 5.96. The number of hydrogen-bond acceptors (Lipinski definition) is 2. The van der Waals surface area contributed by atoms with Crippen molar-refractivity contribution in [2.45, 2.75) is 45.3 Å². The standard InChI is InChI=1S/C14H21NO/c1-10-4-5-13(11(2)8-10)14(3)9-12(15)6-7-16-14/h4-5,8,12H,6-7,9,15H2,1-3H3. The Bertz CT molecular complexity index is 388. The van der Waals surface area contributed by atoms with Gasteiger partial charge in [-0.2, -0.15) is 0 Å². The molecule has 2 unspecified atom stereocenters. The van der Waals surface area contributed by atoms with E-state index in [-0.39, 0.29) is 11.6 Å². The molecule has 1 aliphatic heterocycles. The molecule has 0 saturated carbocycles. The second-order valence-electron chi connectivity index (χ2n) is 5.15. The first kappa shape index (κ1) is 11.6. The molecule has 0 amide bonds. The number of benzene rings is 1. The molecule has 0 aromatic heterocycles. The van der Waals surface area contributed by atoms with Crippen LogP contribution in [0.4, 0.5) is 0 Å². The van der Waals surface area contributed by atoms with Crippen LogP contribution in [-0.2, 0) is 10.3 Å². The van der Waals surface area contributed by atoms with Crippen molar-refractivity contribution in [3.8, 4) is 0 Å². The van der Waals surface area contributed by atoms with Gasteiger partial charge in [-0.3, -0.25) is 0 Å². The molecule has 0 spiro atoms. The lowest BCUT2D eigenvalue weighted by molar-refractivity contribution is -0.0769. The van der Waals surface area contributed by atoms with Crippen molar-refractivity contribution in [1.82, 2.24) is 0 Å². The summed E-state index contributed by atoms with van der Waals surface area (Å²) in [7, 11) is 0. The van der Waals surface area contributed by atoms with Crippen molar-refractivity contribution in [2.75, 3.05) is 6.61 Å². The second kappa shape index (κ2) is 4.19. The maximum Gasteiger partial charge on any atom is 0.0920 e. The van der Waals surface area contributed by atoms with E-state index in [1.807, 2.05) is 0 Å². The molecule has 16 heavy (non-hydrogen) atoms. The molecule has 0 aliphatic carbocycles. The highest BCUT2D eigenvalue weighted by Gasteiger charge is 2.34. The zero-order valence-electron chi connectivity index (χ0n) is 10.4. The fourth-order valence-electron chi connectivity index (χ4n) is 2.69. The third kappa shape index (κ3) is 2.13. The first-order valence-corrected chi connectivity index (χ1v) is 5.98. The fourth-order valence-corrected chi connectivity index (χ4v) is 2.69. The predicted octanol–water partition coefficient (Wildman–Crippen LogP) is 2.66. The molecule has 2 N–H and O–H groups in total. The van der Waals surface area contributed by atoms with Gasteiger partial charge in [-0.25, -0.2) is 0 Å². The van der Waals surface area contributed by atoms with Gasteiger partial charge in [0, 0.05) is 12.6 Å². The minimum Gasteiger partial charge on any atom is -0.370 e. The lowest BCUT2D eigenvalue weighted by Gasteiger charge is -2.38. The zero-order chi connectivity index (χ0) is 11.8. The van der Waals surface area contributed by atoms with Gasteiger partial charge in [-0.05, 0) is 44.7 Å². The van der Waals surface area contributed by atoms with Gasteiger partial charge in [0.05, 0.1) is 5.60 Å². The molecular weight excluding hydrogens is 198 g/mol. The molecule has 2 rings (SSSR count). The Morgan fingerprint density at radius 2 is 2.12 bits per heavy atom. The monoisotopic (exact) mass is 219 g/mol. The first-order chi connectivity index (χ1) is 7.51. The van der Waals surface area contributed by atoms with E-state index in [2.05, 4.69) is 39.0 Å². The van der Waals surface area contributed by atoms with Crippen LogP contribution >= 0.6 is 0 Å². The third-order valence-electron chi connectivity index (χ3n) is 3.51. The van der Waals surface area contributed by atoms with E-state index >= 15 is 0 Å². The lowest BCUT2D eigenvalue weighted by Crippen LogP contribution is -2.41. The average Bonchev–Trinajstić information content (AvgIpc) is 2.16. The van der Waals surface area contributed by atoms with E-state index < -0.39 is 0 Å². The molecule has 2 heteroatoms. The summed E-state index contributed by atoms with van der Waals surface area (Å²) in [6, 6.07) is 6.81. The van der Waals surface area contributed by atoms with Crippen LogP contribution in [0.15, 0.2) is 18.2 Å². The normalized spacial score (nSPS) is 30.4. The maximum absolute atomic E-state index is 6.05. The van der Waals surface area contributed by atoms with Gasteiger partial charge in [-0.1, -0.05) is 23.8 Å². The summed E-state index contributed by atoms with van der Waals surface area (Å²) in [5.74, 6) is 0. The quantitative estimate of drug-likeness (QED) is 0.788. The van der Waals surface area contributed by atoms with Gasteiger partial charge in [0.1, 0.15) is 0 Å². The van der Waals surface area contributed by atoms with E-state index in [1.165, 1.54) is 16.7 Å². The van der Waals surface area contributed by atoms with Crippen LogP contribution in [0.3, 0.4) is 0 Å². The van der Waals surface area contributed by atoms with Crippen molar-refractivity contribution in [2.24, 2.45) is 5.73 Å². The molecule has 0 radical (unpaired) electrons. The highest BCUT2D eigenvalue weighted by atomic mass is 16.5. The summed E-state index contributed by atoms with van der Waals surface area (Å²) in [5.41, 5.74) is 9.73. The summed E-state index contributed by atoms with van der Waals surface area (Å²) >= 11 is 0. The van der Waals surface area contributed by atoms with Crippen LogP contribution < -0.4 is 5.73 Å². The molecule has 0 bridgehead atoms. The van der Waals surface area contributed by atoms with E-state index in [4.69, 9.17) is 10.5 Å². The minimum atomic E-state index is -0.199. The second-order valence-corrected chi connectivity index (χ2v) is 5.15. The Morgan fingerprint density at radius 3 is 2.75 bits per heavy atom. The minimum absolute atomic E-state index is 0.199. The van der Waals surface area contributed by atoms with Crippen molar-refractivity contribution in [1.29, 1.82) is 0 Å². The molecule has 1 aliphatic rings. The van der Waals surface area contributed by atoms with Crippen LogP contribution in [0.25, 0.3) is 0 Å². The molecule has 1 aromatic rings. The van der Waals surface area contributed by atoms with Gasteiger partial charge < -0.3 is 10.5 Å². The van der Waals surface area contributed by atoms with Crippen molar-refractivity contribution in [3.63, 3.8) is 0 Å². The molecule has 2 nitrogen and oxygen atoms in total. The highest BCUT2D eigenvalue weighted by molar-refractivity contribution is 5.35. The Labute approximate surface area is 97.8 Å². The van der Waals surface area contributed by atoms with Crippen molar-refractivity contribution < 1.29 is 4.74 Å². The SMILES string of the molecule is Cc1ccc(C2(C)CC(N)CCO2)c(C)c1. The van der Waals surface area contributed by atoms with Crippen LogP contribution in [0.5, 0.6) is 0 Å². The highest BCUT2D eigenvalue weighted by Crippen LogP contribution is 2.36. The summed E-state index contributed by atoms with van der Waals surface area (Å²) in [4.78, 5) is 0. The fraction of sp³-hybridized carbons (Fsp3) is 0.571. The summed E-state index contributed by atoms with van der Waals surface area (Å²) in [5, 5.41) is 0. The number of rotatable bonds is 1. The van der Waals surface area contributed by atoms with Gasteiger partial charge in [0.15, 0.2) is 0 Å². The van der Waals surface area contributed by atoms with Crippen LogP contribution in [0.1, 0.15) is 36.5 Å². The number of nitrogens with two attached hydrogens (primary N) is 1. The topological polar surface area (TPSA) is 35.2 Å². The first-order valence-electron chi connectivity index (χ1n) is 5.98. The predicted molar refractivity (Wildman–Crippen MR) is 66.4 cm³/mol. The van der Waals surface area contributed by atoms with Gasteiger partial charge >= 0.3 is 0 Å². The van der Waals surface area contributed by atoms with E-state index in [0.29, 0.717) is 0 Å². The maximum atomic E-state index is 6.05. The van der Waals surface area contributed by atoms with E-state index in [1.54, 1.807) is 0 Å². The van der Waals surface area contributed by atoms with Crippen LogP contribution in [0, 0.1) is 13.8 Å². The number of ether oxygens (including phenoxy) is 1. The van der Waals surface area contributed by atoms with Gasteiger partial charge in [0.2, 0.25) is 0 Å². The molecular formula is C14H21NO. The zero-order valence-corrected chi connectivity index (χ0v) is 10.4. The Morgan fingerprint density at radius 1 is 1.38 bits per heavy atom. The van der Waals surface area contributed by atoms with Crippen LogP contribution in [0.2, 0.25) is 0 Å². The van der Waals surface area contributed by atoms with Gasteiger partial charge in [0.25, 0.3) is 0 Å². The smallest absolute Gasteiger partial charge is 0.0920 e. The summed E-state index contributed by atoms with van der Waals surface area (Å²) in [6.07, 6.45) is 1.89.